The van der Waals surface area contributed by atoms with Crippen molar-refractivity contribution in [2.45, 2.75) is 25.6 Å². The zero-order chi connectivity index (χ0) is 13.1. The first-order chi connectivity index (χ1) is 8.54. The molecule has 4 nitrogen and oxygen atoms in total. The predicted molar refractivity (Wildman–Crippen MR) is 71.8 cm³/mol. The Labute approximate surface area is 108 Å². The fourth-order valence-corrected chi connectivity index (χ4v) is 2.37. The van der Waals surface area contributed by atoms with Crippen LogP contribution >= 0.6 is 0 Å². The molecule has 1 atom stereocenters. The van der Waals surface area contributed by atoms with Crippen molar-refractivity contribution in [2.24, 2.45) is 5.73 Å². The molecule has 1 aliphatic heterocycles. The molecule has 1 heterocycles. The second kappa shape index (κ2) is 5.50. The summed E-state index contributed by atoms with van der Waals surface area (Å²) in [7, 11) is 4.10. The molecule has 98 valence electrons. The monoisotopic (exact) mass is 247 g/mol. The average molecular weight is 247 g/mol. The van der Waals surface area contributed by atoms with E-state index < -0.39 is 0 Å². The Kier molecular flexibility index (Phi) is 3.99. The van der Waals surface area contributed by atoms with Gasteiger partial charge in [0.25, 0.3) is 0 Å². The SMILES string of the molecule is CN(C)Cc1cccc(CN2CC(N)CC2=O)c1. The number of nitrogens with two attached hydrogens (primary N) is 1. The van der Waals surface area contributed by atoms with Gasteiger partial charge in [-0.2, -0.15) is 0 Å². The van der Waals surface area contributed by atoms with Gasteiger partial charge in [0.2, 0.25) is 5.91 Å². The highest BCUT2D eigenvalue weighted by Crippen LogP contribution is 2.15. The van der Waals surface area contributed by atoms with Crippen LogP contribution in [-0.4, -0.2) is 42.4 Å². The third kappa shape index (κ3) is 3.31. The first-order valence-corrected chi connectivity index (χ1v) is 6.30. The Hall–Kier alpha value is -1.39. The number of rotatable bonds is 4. The molecule has 2 N–H and O–H groups in total. The van der Waals surface area contributed by atoms with Crippen LogP contribution in [0, 0.1) is 0 Å². The quantitative estimate of drug-likeness (QED) is 0.856. The molecule has 1 aromatic rings. The number of carbonyl (C=O) groups excluding carboxylic acids is 1. The Morgan fingerprint density at radius 3 is 2.72 bits per heavy atom. The highest BCUT2D eigenvalue weighted by molar-refractivity contribution is 5.79. The standard InChI is InChI=1S/C14H21N3O/c1-16(2)8-11-4-3-5-12(6-11)9-17-10-13(15)7-14(17)18/h3-6,13H,7-10,15H2,1-2H3. The molecule has 0 spiro atoms. The first kappa shape index (κ1) is 13.1. The largest absolute Gasteiger partial charge is 0.337 e. The van der Waals surface area contributed by atoms with Gasteiger partial charge >= 0.3 is 0 Å². The summed E-state index contributed by atoms with van der Waals surface area (Å²) >= 11 is 0. The van der Waals surface area contributed by atoms with E-state index in [9.17, 15) is 4.79 Å². The van der Waals surface area contributed by atoms with Gasteiger partial charge in [-0.25, -0.2) is 0 Å². The molecule has 2 rings (SSSR count). The Balaban J connectivity index is 2.03. The number of hydrogen-bond acceptors (Lipinski definition) is 3. The topological polar surface area (TPSA) is 49.6 Å². The van der Waals surface area contributed by atoms with Crippen molar-refractivity contribution in [1.82, 2.24) is 9.80 Å². The second-order valence-electron chi connectivity index (χ2n) is 5.30. The molecule has 1 aliphatic rings. The maximum atomic E-state index is 11.7. The fourth-order valence-electron chi connectivity index (χ4n) is 2.37. The van der Waals surface area contributed by atoms with Gasteiger partial charge in [-0.15, -0.1) is 0 Å². The van der Waals surface area contributed by atoms with Crippen LogP contribution in [0.25, 0.3) is 0 Å². The van der Waals surface area contributed by atoms with Crippen molar-refractivity contribution < 1.29 is 4.79 Å². The molecule has 0 radical (unpaired) electrons. The van der Waals surface area contributed by atoms with E-state index in [0.29, 0.717) is 19.5 Å². The minimum atomic E-state index is 0.00228. The van der Waals surface area contributed by atoms with Crippen molar-refractivity contribution in [3.05, 3.63) is 35.4 Å². The fraction of sp³-hybridized carbons (Fsp3) is 0.500. The van der Waals surface area contributed by atoms with Gasteiger partial charge in [-0.05, 0) is 25.2 Å². The molecule has 1 aromatic carbocycles. The Morgan fingerprint density at radius 2 is 2.11 bits per heavy atom. The van der Waals surface area contributed by atoms with E-state index >= 15 is 0 Å². The van der Waals surface area contributed by atoms with E-state index in [1.54, 1.807) is 0 Å². The van der Waals surface area contributed by atoms with Crippen LogP contribution in [0.2, 0.25) is 0 Å². The summed E-state index contributed by atoms with van der Waals surface area (Å²) in [5, 5.41) is 0. The van der Waals surface area contributed by atoms with Crippen molar-refractivity contribution in [3.63, 3.8) is 0 Å². The number of carbonyl (C=O) groups is 1. The number of nitrogens with zero attached hydrogens (tertiary/aromatic N) is 2. The zero-order valence-corrected chi connectivity index (χ0v) is 11.1. The summed E-state index contributed by atoms with van der Waals surface area (Å²) in [5.74, 6) is 0.167. The number of hydrogen-bond donors (Lipinski definition) is 1. The summed E-state index contributed by atoms with van der Waals surface area (Å²) in [6.45, 7) is 2.27. The van der Waals surface area contributed by atoms with Gasteiger partial charge in [-0.1, -0.05) is 24.3 Å². The molecule has 0 aliphatic carbocycles. The molecule has 1 unspecified atom stereocenters. The van der Waals surface area contributed by atoms with Crippen LogP contribution in [0.15, 0.2) is 24.3 Å². The smallest absolute Gasteiger partial charge is 0.224 e. The van der Waals surface area contributed by atoms with Crippen LogP contribution in [-0.2, 0) is 17.9 Å². The molecule has 1 amide bonds. The molecular formula is C14H21N3O. The molecule has 1 saturated heterocycles. The van der Waals surface area contributed by atoms with Crippen molar-refractivity contribution in [2.75, 3.05) is 20.6 Å². The summed E-state index contributed by atoms with van der Waals surface area (Å²) in [6.07, 6.45) is 0.484. The van der Waals surface area contributed by atoms with Crippen LogP contribution in [0.4, 0.5) is 0 Å². The van der Waals surface area contributed by atoms with Gasteiger partial charge in [0, 0.05) is 32.1 Å². The normalized spacial score (nSPS) is 19.9. The lowest BCUT2D eigenvalue weighted by Crippen LogP contribution is -2.27. The van der Waals surface area contributed by atoms with Gasteiger partial charge in [0.1, 0.15) is 0 Å². The Bertz CT molecular complexity index is 431. The van der Waals surface area contributed by atoms with Gasteiger partial charge in [-0.3, -0.25) is 4.79 Å². The third-order valence-corrected chi connectivity index (χ3v) is 3.11. The maximum Gasteiger partial charge on any atom is 0.224 e. The van der Waals surface area contributed by atoms with Crippen molar-refractivity contribution in [1.29, 1.82) is 0 Å². The van der Waals surface area contributed by atoms with E-state index in [2.05, 4.69) is 43.3 Å². The van der Waals surface area contributed by atoms with Crippen LogP contribution in [0.1, 0.15) is 17.5 Å². The van der Waals surface area contributed by atoms with Gasteiger partial charge < -0.3 is 15.5 Å². The first-order valence-electron chi connectivity index (χ1n) is 6.30. The lowest BCUT2D eigenvalue weighted by Gasteiger charge is -2.17. The highest BCUT2D eigenvalue weighted by Gasteiger charge is 2.26. The van der Waals surface area contributed by atoms with Crippen molar-refractivity contribution >= 4 is 5.91 Å². The minimum Gasteiger partial charge on any atom is -0.337 e. The lowest BCUT2D eigenvalue weighted by atomic mass is 10.1. The van der Waals surface area contributed by atoms with Crippen molar-refractivity contribution in [3.8, 4) is 0 Å². The van der Waals surface area contributed by atoms with E-state index in [1.165, 1.54) is 11.1 Å². The molecule has 0 saturated carbocycles. The number of amides is 1. The van der Waals surface area contributed by atoms with E-state index in [0.717, 1.165) is 6.54 Å². The molecule has 0 aromatic heterocycles. The van der Waals surface area contributed by atoms with Gasteiger partial charge in [0.05, 0.1) is 0 Å². The molecule has 18 heavy (non-hydrogen) atoms. The van der Waals surface area contributed by atoms with Crippen LogP contribution in [0.5, 0.6) is 0 Å². The average Bonchev–Trinajstić information content (AvgIpc) is 2.57. The summed E-state index contributed by atoms with van der Waals surface area (Å²) < 4.78 is 0. The van der Waals surface area contributed by atoms with E-state index in [4.69, 9.17) is 5.73 Å². The Morgan fingerprint density at radius 1 is 1.39 bits per heavy atom. The minimum absolute atomic E-state index is 0.00228. The molecule has 0 bridgehead atoms. The van der Waals surface area contributed by atoms with Crippen LogP contribution in [0.3, 0.4) is 0 Å². The van der Waals surface area contributed by atoms with E-state index in [1.807, 2.05) is 4.90 Å². The third-order valence-electron chi connectivity index (χ3n) is 3.11. The summed E-state index contributed by atoms with van der Waals surface area (Å²) in [6, 6.07) is 8.39. The number of benzene rings is 1. The summed E-state index contributed by atoms with van der Waals surface area (Å²) in [4.78, 5) is 15.7. The maximum absolute atomic E-state index is 11.7. The summed E-state index contributed by atoms with van der Waals surface area (Å²) in [5.41, 5.74) is 8.25. The van der Waals surface area contributed by atoms with Gasteiger partial charge in [0.15, 0.2) is 0 Å². The second-order valence-corrected chi connectivity index (χ2v) is 5.30. The zero-order valence-electron chi connectivity index (χ0n) is 11.1. The highest BCUT2D eigenvalue weighted by atomic mass is 16.2. The van der Waals surface area contributed by atoms with Crippen LogP contribution < -0.4 is 5.73 Å². The molecular weight excluding hydrogens is 226 g/mol. The predicted octanol–water partition coefficient (Wildman–Crippen LogP) is 0.808. The number of likely N-dealkylation sites (tertiary alicyclic amines) is 1. The molecule has 4 heteroatoms. The molecule has 1 fully saturated rings. The van der Waals surface area contributed by atoms with E-state index in [-0.39, 0.29) is 11.9 Å². The lowest BCUT2D eigenvalue weighted by molar-refractivity contribution is -0.128.